The number of nitrogens with two attached hydrogens (primary N) is 1. The molecule has 79 heavy (non-hydrogen) atoms. The van der Waals surface area contributed by atoms with E-state index in [1.54, 1.807) is 19.1 Å². The summed E-state index contributed by atoms with van der Waals surface area (Å²) < 4.78 is 88.1. The van der Waals surface area contributed by atoms with E-state index in [9.17, 15) is 49.2 Å². The number of benzene rings is 3. The molecule has 2 fully saturated rings. The lowest BCUT2D eigenvalue weighted by Crippen LogP contribution is -2.35. The fourth-order valence-electron chi connectivity index (χ4n) is 7.53. The third-order valence-electron chi connectivity index (χ3n) is 11.7. The number of aromatic carboxylic acids is 2. The van der Waals surface area contributed by atoms with Gasteiger partial charge in [0.25, 0.3) is 26.0 Å². The van der Waals surface area contributed by atoms with Crippen LogP contribution in [0, 0.1) is 6.92 Å². The molecule has 0 unspecified atom stereocenters. The molecule has 1 amide bonds. The third kappa shape index (κ3) is 14.7. The molecule has 6 heterocycles. The van der Waals surface area contributed by atoms with Gasteiger partial charge >= 0.3 is 17.9 Å². The number of anilines is 1. The Morgan fingerprint density at radius 2 is 1.58 bits per heavy atom. The van der Waals surface area contributed by atoms with Gasteiger partial charge < -0.3 is 24.2 Å². The minimum atomic E-state index is -3.88. The highest BCUT2D eigenvalue weighted by Crippen LogP contribution is 2.34. The maximum Gasteiger partial charge on any atom is 0.337 e. The molecule has 0 saturated carbocycles. The van der Waals surface area contributed by atoms with Crippen LogP contribution in [0.5, 0.6) is 0 Å². The number of furan rings is 1. The first-order valence-corrected chi connectivity index (χ1v) is 29.2. The maximum absolute atomic E-state index is 12.9. The van der Waals surface area contributed by atoms with Gasteiger partial charge in [-0.15, -0.1) is 0 Å². The molecule has 4 aromatic heterocycles. The van der Waals surface area contributed by atoms with E-state index in [4.69, 9.17) is 53.1 Å². The van der Waals surface area contributed by atoms with Crippen LogP contribution in [0.3, 0.4) is 0 Å². The summed E-state index contributed by atoms with van der Waals surface area (Å²) in [6.45, 7) is 2.43. The molecule has 412 valence electrons. The van der Waals surface area contributed by atoms with Gasteiger partial charge in [-0.2, -0.15) is 4.31 Å². The number of oxazole rings is 1. The number of sulfonamides is 3. The number of rotatable bonds is 16. The van der Waals surface area contributed by atoms with Gasteiger partial charge in [0.05, 0.1) is 44.5 Å². The number of amides is 1. The largest absolute Gasteiger partial charge is 0.481 e. The lowest BCUT2D eigenvalue weighted by Gasteiger charge is -2.26. The predicted molar refractivity (Wildman–Crippen MR) is 292 cm³/mol. The Morgan fingerprint density at radius 3 is 2.23 bits per heavy atom. The van der Waals surface area contributed by atoms with Crippen LogP contribution in [-0.4, -0.2) is 118 Å². The fraction of sp³-hybridized carbons (Fsp3) is 0.180. The van der Waals surface area contributed by atoms with Crippen molar-refractivity contribution in [2.75, 3.05) is 24.4 Å². The summed E-state index contributed by atoms with van der Waals surface area (Å²) >= 11 is 12.3. The number of nitrogens with one attached hydrogen (secondary N) is 1. The number of fused-ring (bicyclic) bond motifs is 1. The molecule has 29 heteroatoms. The lowest BCUT2D eigenvalue weighted by molar-refractivity contribution is -0.137. The van der Waals surface area contributed by atoms with Gasteiger partial charge in [-0.05, 0) is 104 Å². The molecule has 2 aliphatic heterocycles. The number of hydrogen-bond donors (Lipinski definition) is 5. The molecule has 2 saturated heterocycles. The van der Waals surface area contributed by atoms with Gasteiger partial charge in [0.15, 0.2) is 22.8 Å². The summed E-state index contributed by atoms with van der Waals surface area (Å²) in [4.78, 5) is 70.8. The smallest absolute Gasteiger partial charge is 0.337 e. The molecule has 0 atom stereocenters. The predicted octanol–water partition coefficient (Wildman–Crippen LogP) is 7.33. The highest BCUT2D eigenvalue weighted by molar-refractivity contribution is 8.26. The number of primary sulfonamides is 1. The molecule has 2 aliphatic rings. The second-order valence-electron chi connectivity index (χ2n) is 17.0. The van der Waals surface area contributed by atoms with E-state index in [2.05, 4.69) is 19.7 Å². The van der Waals surface area contributed by atoms with Crippen molar-refractivity contribution in [3.63, 3.8) is 0 Å². The van der Waals surface area contributed by atoms with Crippen molar-refractivity contribution in [2.45, 2.75) is 53.8 Å². The van der Waals surface area contributed by atoms with Crippen LogP contribution in [-0.2, 0) is 46.1 Å². The monoisotopic (exact) mass is 1190 g/mol. The maximum atomic E-state index is 12.9. The lowest BCUT2D eigenvalue weighted by atomic mass is 10.1. The third-order valence-corrected chi connectivity index (χ3v) is 17.6. The Balaban J connectivity index is 0.000000172. The summed E-state index contributed by atoms with van der Waals surface area (Å²) in [5, 5.41) is 31.6. The van der Waals surface area contributed by atoms with Crippen molar-refractivity contribution in [1.82, 2.24) is 24.2 Å². The second kappa shape index (κ2) is 25.0. The Labute approximate surface area is 465 Å². The zero-order valence-corrected chi connectivity index (χ0v) is 45.8. The molecule has 23 nitrogen and oxygen atoms in total. The Bertz CT molecular complexity index is 3900. The number of Topliss-reactive ketones (excluding diaryl/α,β-unsaturated/α-hetero) is 1. The van der Waals surface area contributed by atoms with E-state index in [-0.39, 0.29) is 77.6 Å². The Morgan fingerprint density at radius 1 is 0.848 bits per heavy atom. The minimum absolute atomic E-state index is 0.00174. The summed E-state index contributed by atoms with van der Waals surface area (Å²) in [5.41, 5.74) is 2.65. The van der Waals surface area contributed by atoms with Crippen molar-refractivity contribution in [2.24, 2.45) is 5.14 Å². The number of pyridine rings is 2. The summed E-state index contributed by atoms with van der Waals surface area (Å²) in [6, 6.07) is 21.8. The zero-order chi connectivity index (χ0) is 57.4. The summed E-state index contributed by atoms with van der Waals surface area (Å²) in [7, 11) is -11.5. The quantitative estimate of drug-likeness (QED) is 0.0359. The fourth-order valence-corrected chi connectivity index (χ4v) is 12.4. The number of piperidine rings is 1. The van der Waals surface area contributed by atoms with Crippen LogP contribution >= 0.6 is 35.6 Å². The highest BCUT2D eigenvalue weighted by atomic mass is 35.5. The van der Waals surface area contributed by atoms with E-state index in [0.29, 0.717) is 57.4 Å². The van der Waals surface area contributed by atoms with E-state index in [1.165, 1.54) is 113 Å². The first kappa shape index (κ1) is 59.0. The summed E-state index contributed by atoms with van der Waals surface area (Å²) in [5.74, 6) is -3.15. The topological polar surface area (TPSA) is 358 Å². The van der Waals surface area contributed by atoms with Gasteiger partial charge in [0, 0.05) is 61.0 Å². The van der Waals surface area contributed by atoms with Crippen LogP contribution in [0.2, 0.25) is 5.02 Å². The van der Waals surface area contributed by atoms with Gasteiger partial charge in [-0.1, -0.05) is 48.1 Å². The number of halogens is 1. The minimum Gasteiger partial charge on any atom is -0.481 e. The molecule has 9 rings (SSSR count). The van der Waals surface area contributed by atoms with Crippen molar-refractivity contribution in [1.29, 1.82) is 0 Å². The van der Waals surface area contributed by atoms with Crippen LogP contribution in [0.25, 0.3) is 28.5 Å². The average molecular weight is 1190 g/mol. The molecule has 0 aliphatic carbocycles. The first-order chi connectivity index (χ1) is 37.3. The van der Waals surface area contributed by atoms with Crippen LogP contribution in [0.1, 0.15) is 73.8 Å². The zero-order valence-electron chi connectivity index (χ0n) is 41.0. The number of hydrogen-bond acceptors (Lipinski definition) is 18. The van der Waals surface area contributed by atoms with Crippen LogP contribution in [0.15, 0.2) is 138 Å². The standard InChI is InChI=1S/C19H19ClN2O5S.C16H13N3O6S3.C15H12N2O5S/c20-16-7-5-13(10-18(16)28(26,27)22-8-2-1-3-9-22)17(23)11-15-6-4-14(12-21-15)19(24)25;17-28(23,24)13-4-1-9(8-18-13)11-3-2-10(25-11)7-12-15(22)19(16(26)27-12)6-5-14(20)21;1-9-11(15(18)19)3-2-4-12(9)17-23(20,21)10-5-6-13-14(7-10)22-8-16-13/h4-7,10,12H,1-3,8-9,11H2,(H,24,25);1-4,7-8H,5-6H2,(H,20,21)(H2,17,23,24);2-8,17H,1H3,(H,18,19)/b;12-7+;. The molecule has 6 N–H and O–H groups in total. The molecule has 7 aromatic rings. The molecule has 0 radical (unpaired) electrons. The number of carboxylic acids is 3. The average Bonchev–Trinajstić information content (AvgIpc) is 4.16. The normalized spacial score (nSPS) is 14.5. The highest BCUT2D eigenvalue weighted by Gasteiger charge is 2.33. The number of thiocarbonyl (C=S) groups is 1. The number of carboxylic acid groups (broad SMARTS) is 3. The first-order valence-electron chi connectivity index (χ1n) is 23.1. The second-order valence-corrected chi connectivity index (χ2v) is 24.2. The molecule has 3 aromatic carbocycles. The van der Waals surface area contributed by atoms with Crippen molar-refractivity contribution < 1.29 is 73.4 Å². The number of carbonyl (C=O) groups excluding carboxylic acids is 2. The number of aromatic nitrogens is 3. The number of aliphatic carboxylic acids is 1. The van der Waals surface area contributed by atoms with Crippen LogP contribution in [0.4, 0.5) is 5.69 Å². The van der Waals surface area contributed by atoms with Gasteiger partial charge in [-0.3, -0.25) is 29.0 Å². The van der Waals surface area contributed by atoms with Crippen molar-refractivity contribution in [3.05, 3.63) is 153 Å². The van der Waals surface area contributed by atoms with Gasteiger partial charge in [-0.25, -0.2) is 49.9 Å². The van der Waals surface area contributed by atoms with E-state index >= 15 is 0 Å². The van der Waals surface area contributed by atoms with Crippen molar-refractivity contribution >= 4 is 122 Å². The molecule has 0 bridgehead atoms. The van der Waals surface area contributed by atoms with Gasteiger partial charge in [0.1, 0.15) is 26.3 Å². The SMILES string of the molecule is Cc1c(NS(=O)(=O)c2ccc3ncoc3c2)cccc1C(=O)O.NS(=O)(=O)c1ccc(-c2ccc(/C=C3/SC(=S)N(CCC(=O)O)C3=O)o2)cn1.O=C(O)c1ccc(CC(=O)c2ccc(Cl)c(S(=O)(=O)N3CCCCC3)c2)nc1. The number of nitrogens with zero attached hydrogens (tertiary/aromatic N) is 5. The summed E-state index contributed by atoms with van der Waals surface area (Å²) in [6.07, 6.45) is 7.54. The number of ketones is 1. The van der Waals surface area contributed by atoms with E-state index < -0.39 is 48.0 Å². The Hall–Kier alpha value is -7.70. The molecular formula is C50H44ClN7O16S5. The van der Waals surface area contributed by atoms with Crippen LogP contribution < -0.4 is 9.86 Å². The van der Waals surface area contributed by atoms with Gasteiger partial charge in [0.2, 0.25) is 10.0 Å². The van der Waals surface area contributed by atoms with Crippen molar-refractivity contribution in [3.8, 4) is 11.3 Å². The van der Waals surface area contributed by atoms with E-state index in [0.717, 1.165) is 31.0 Å². The molecular weight excluding hydrogens is 1150 g/mol. The molecule has 0 spiro atoms. The number of thioether (sulfide) groups is 1. The Kier molecular flexibility index (Phi) is 18.6. The number of carbonyl (C=O) groups is 5. The van der Waals surface area contributed by atoms with E-state index in [1.807, 2.05) is 0 Å².